The summed E-state index contributed by atoms with van der Waals surface area (Å²) in [7, 11) is 1.35. The number of methoxy groups -OCH3 is 1. The minimum absolute atomic E-state index is 0.361. The number of carbonyl (C=O) groups is 1. The number of halogens is 4. The molecule has 0 spiro atoms. The predicted octanol–water partition coefficient (Wildman–Crippen LogP) is 7.51. The number of rotatable bonds is 8. The lowest BCUT2D eigenvalue weighted by atomic mass is 10.1. The van der Waals surface area contributed by atoms with Crippen LogP contribution in [0.1, 0.15) is 41.0 Å². The molecule has 0 aromatic heterocycles. The van der Waals surface area contributed by atoms with Gasteiger partial charge in [0.1, 0.15) is 5.70 Å². The van der Waals surface area contributed by atoms with E-state index in [0.29, 0.717) is 33.7 Å². The molecule has 0 bridgehead atoms. The number of aryl methyl sites for hydroxylation is 1. The highest BCUT2D eigenvalue weighted by Crippen LogP contribution is 2.32. The lowest BCUT2D eigenvalue weighted by Crippen LogP contribution is -2.21. The number of ether oxygens (including phenoxy) is 1. The van der Waals surface area contributed by atoms with Gasteiger partial charge in [-0.15, -0.1) is 11.6 Å². The first-order chi connectivity index (χ1) is 14.3. The normalized spacial score (nSPS) is 12.8. The molecule has 0 radical (unpaired) electrons. The highest BCUT2D eigenvalue weighted by atomic mass is 35.5. The Morgan fingerprint density at radius 2 is 1.90 bits per heavy atom. The van der Waals surface area contributed by atoms with Crippen molar-refractivity contribution in [2.24, 2.45) is 0 Å². The van der Waals surface area contributed by atoms with Gasteiger partial charge in [0.2, 0.25) is 0 Å². The van der Waals surface area contributed by atoms with E-state index in [1.807, 2.05) is 50.3 Å². The molecule has 2 aromatic carbocycles. The number of allylic oxidation sites excluding steroid dienone is 2. The summed E-state index contributed by atoms with van der Waals surface area (Å²) in [6, 6.07) is 9.37. The minimum Gasteiger partial charge on any atom is -0.464 e. The Morgan fingerprint density at radius 1 is 1.17 bits per heavy atom. The molecule has 1 atom stereocenters. The molecular weight excluding hydrogens is 464 g/mol. The summed E-state index contributed by atoms with van der Waals surface area (Å²) >= 11 is 25.2. The second-order valence-corrected chi connectivity index (χ2v) is 8.28. The Hall–Kier alpha value is -1.65. The van der Waals surface area contributed by atoms with Crippen molar-refractivity contribution in [1.29, 1.82) is 0 Å². The third-order valence-electron chi connectivity index (χ3n) is 4.37. The SMILES string of the molecule is CC/C=C(\NCc1ccc(/C=C/C(Cl)c2cc(C)c(Cl)c(Cl)c2)cc1Cl)C(=O)OC. The molecule has 0 saturated heterocycles. The first kappa shape index (κ1) is 24.6. The van der Waals surface area contributed by atoms with Crippen LogP contribution in [0.3, 0.4) is 0 Å². The van der Waals surface area contributed by atoms with Crippen LogP contribution in [0.2, 0.25) is 15.1 Å². The number of carbonyl (C=O) groups excluding carboxylic acids is 1. The molecule has 0 amide bonds. The average molecular weight is 487 g/mol. The highest BCUT2D eigenvalue weighted by molar-refractivity contribution is 6.42. The van der Waals surface area contributed by atoms with Gasteiger partial charge in [-0.2, -0.15) is 0 Å². The van der Waals surface area contributed by atoms with Crippen molar-refractivity contribution in [3.05, 3.63) is 85.5 Å². The second kappa shape index (κ2) is 11.7. The van der Waals surface area contributed by atoms with Crippen LogP contribution in [0.25, 0.3) is 6.08 Å². The fraction of sp³-hybridized carbons (Fsp3) is 0.261. The molecule has 1 N–H and O–H groups in total. The van der Waals surface area contributed by atoms with Crippen molar-refractivity contribution in [3.63, 3.8) is 0 Å². The Labute approximate surface area is 197 Å². The number of esters is 1. The van der Waals surface area contributed by atoms with Gasteiger partial charge in [0, 0.05) is 11.6 Å². The first-order valence-corrected chi connectivity index (χ1v) is 10.9. The van der Waals surface area contributed by atoms with Gasteiger partial charge in [0.15, 0.2) is 0 Å². The van der Waals surface area contributed by atoms with Crippen LogP contribution in [-0.2, 0) is 16.1 Å². The lowest BCUT2D eigenvalue weighted by molar-refractivity contribution is -0.136. The van der Waals surface area contributed by atoms with E-state index in [9.17, 15) is 4.79 Å². The Bertz CT molecular complexity index is 947. The van der Waals surface area contributed by atoms with Crippen molar-refractivity contribution in [2.45, 2.75) is 32.2 Å². The molecule has 0 fully saturated rings. The number of hydrogen-bond donors (Lipinski definition) is 1. The Morgan fingerprint density at radius 3 is 2.50 bits per heavy atom. The molecule has 160 valence electrons. The largest absolute Gasteiger partial charge is 0.464 e. The monoisotopic (exact) mass is 485 g/mol. The van der Waals surface area contributed by atoms with Gasteiger partial charge < -0.3 is 10.1 Å². The summed E-state index contributed by atoms with van der Waals surface area (Å²) in [4.78, 5) is 11.8. The summed E-state index contributed by atoms with van der Waals surface area (Å²) in [5.74, 6) is -0.404. The van der Waals surface area contributed by atoms with Crippen molar-refractivity contribution >= 4 is 58.4 Å². The first-order valence-electron chi connectivity index (χ1n) is 9.35. The molecule has 1 unspecified atom stereocenters. The van der Waals surface area contributed by atoms with Crippen LogP contribution in [-0.4, -0.2) is 13.1 Å². The minimum atomic E-state index is -0.404. The fourth-order valence-corrected chi connectivity index (χ4v) is 3.60. The smallest absolute Gasteiger partial charge is 0.353 e. The molecular formula is C23H23Cl4NO2. The Balaban J connectivity index is 2.09. The molecule has 0 aliphatic heterocycles. The predicted molar refractivity (Wildman–Crippen MR) is 128 cm³/mol. The molecule has 2 aromatic rings. The zero-order chi connectivity index (χ0) is 22.3. The molecule has 2 rings (SSSR count). The van der Waals surface area contributed by atoms with Crippen molar-refractivity contribution < 1.29 is 9.53 Å². The third kappa shape index (κ3) is 6.68. The molecule has 3 nitrogen and oxygen atoms in total. The summed E-state index contributed by atoms with van der Waals surface area (Å²) < 4.78 is 4.77. The third-order valence-corrected chi connectivity index (χ3v) is 6.01. The maximum Gasteiger partial charge on any atom is 0.353 e. The number of alkyl halides is 1. The van der Waals surface area contributed by atoms with Crippen LogP contribution in [0.4, 0.5) is 0 Å². The van der Waals surface area contributed by atoms with Gasteiger partial charge in [-0.1, -0.05) is 78.2 Å². The zero-order valence-corrected chi connectivity index (χ0v) is 20.0. The van der Waals surface area contributed by atoms with E-state index in [4.69, 9.17) is 51.1 Å². The van der Waals surface area contributed by atoms with Crippen LogP contribution in [0.5, 0.6) is 0 Å². The van der Waals surface area contributed by atoms with Gasteiger partial charge in [-0.25, -0.2) is 4.79 Å². The quantitative estimate of drug-likeness (QED) is 0.238. The van der Waals surface area contributed by atoms with E-state index in [2.05, 4.69) is 5.32 Å². The van der Waals surface area contributed by atoms with Crippen molar-refractivity contribution in [3.8, 4) is 0 Å². The lowest BCUT2D eigenvalue weighted by Gasteiger charge is -2.11. The maximum absolute atomic E-state index is 11.8. The van der Waals surface area contributed by atoms with Gasteiger partial charge in [-0.05, 0) is 47.7 Å². The van der Waals surface area contributed by atoms with Gasteiger partial charge in [-0.3, -0.25) is 0 Å². The van der Waals surface area contributed by atoms with Crippen molar-refractivity contribution in [2.75, 3.05) is 7.11 Å². The van der Waals surface area contributed by atoms with Crippen LogP contribution >= 0.6 is 46.4 Å². The zero-order valence-electron chi connectivity index (χ0n) is 16.9. The molecule has 0 saturated carbocycles. The van der Waals surface area contributed by atoms with E-state index < -0.39 is 5.97 Å². The highest BCUT2D eigenvalue weighted by Gasteiger charge is 2.11. The molecule has 0 aliphatic carbocycles. The van der Waals surface area contributed by atoms with E-state index in [1.54, 1.807) is 12.1 Å². The van der Waals surface area contributed by atoms with Crippen LogP contribution in [0, 0.1) is 6.92 Å². The van der Waals surface area contributed by atoms with Gasteiger partial charge in [0.05, 0.1) is 22.5 Å². The van der Waals surface area contributed by atoms with E-state index in [1.165, 1.54) is 7.11 Å². The summed E-state index contributed by atoms with van der Waals surface area (Å²) in [6.07, 6.45) is 6.26. The molecule has 30 heavy (non-hydrogen) atoms. The van der Waals surface area contributed by atoms with E-state index >= 15 is 0 Å². The number of benzene rings is 2. The summed E-state index contributed by atoms with van der Waals surface area (Å²) in [5.41, 5.74) is 3.93. The van der Waals surface area contributed by atoms with Crippen LogP contribution in [0.15, 0.2) is 48.2 Å². The average Bonchev–Trinajstić information content (AvgIpc) is 2.73. The fourth-order valence-electron chi connectivity index (χ4n) is 2.76. The van der Waals surface area contributed by atoms with Gasteiger partial charge >= 0.3 is 5.97 Å². The topological polar surface area (TPSA) is 38.3 Å². The molecule has 0 heterocycles. The standard InChI is InChI=1S/C23H23Cl4NO2/c1-4-5-21(23(29)30-3)28-13-16-8-6-15(11-19(16)25)7-9-18(24)17-10-14(2)22(27)20(26)12-17/h5-12,18,28H,4,13H2,1-3H3/b9-7+,21-5-. The van der Waals surface area contributed by atoms with Crippen LogP contribution < -0.4 is 5.32 Å². The number of nitrogens with one attached hydrogen (secondary N) is 1. The second-order valence-electron chi connectivity index (χ2n) is 6.62. The van der Waals surface area contributed by atoms with E-state index in [-0.39, 0.29) is 5.38 Å². The molecule has 7 heteroatoms. The number of hydrogen-bond acceptors (Lipinski definition) is 3. The summed E-state index contributed by atoms with van der Waals surface area (Å²) in [5, 5.41) is 4.31. The Kier molecular flexibility index (Phi) is 9.57. The van der Waals surface area contributed by atoms with Gasteiger partial charge in [0.25, 0.3) is 0 Å². The van der Waals surface area contributed by atoms with E-state index in [0.717, 1.165) is 22.3 Å². The molecule has 0 aliphatic rings. The van der Waals surface area contributed by atoms with Crippen molar-refractivity contribution in [1.82, 2.24) is 5.32 Å². The summed E-state index contributed by atoms with van der Waals surface area (Å²) in [6.45, 7) is 4.24. The maximum atomic E-state index is 11.8.